The van der Waals surface area contributed by atoms with Gasteiger partial charge in [-0.3, -0.25) is 9.59 Å². The fraction of sp³-hybridized carbons (Fsp3) is 0.176. The van der Waals surface area contributed by atoms with E-state index >= 15 is 0 Å². The number of hydrogen-bond acceptors (Lipinski definition) is 4. The molecule has 3 rings (SSSR count). The van der Waals surface area contributed by atoms with Crippen molar-refractivity contribution in [2.75, 3.05) is 17.3 Å². The minimum absolute atomic E-state index is 0.0291. The summed E-state index contributed by atoms with van der Waals surface area (Å²) < 4.78 is 18.3. The minimum atomic E-state index is -0.702. The van der Waals surface area contributed by atoms with Crippen LogP contribution in [-0.2, 0) is 9.59 Å². The molecule has 0 radical (unpaired) electrons. The molecule has 1 saturated heterocycles. The fourth-order valence-corrected chi connectivity index (χ4v) is 2.53. The van der Waals surface area contributed by atoms with Crippen LogP contribution in [0.1, 0.15) is 6.42 Å². The number of nitrogens with one attached hydrogen (secondary N) is 1. The summed E-state index contributed by atoms with van der Waals surface area (Å²) in [6, 6.07) is 11.8. The van der Waals surface area contributed by atoms with Gasteiger partial charge < -0.3 is 10.1 Å². The molecule has 2 aromatic rings. The molecule has 0 aliphatic carbocycles. The predicted octanol–water partition coefficient (Wildman–Crippen LogP) is 2.58. The van der Waals surface area contributed by atoms with E-state index in [1.165, 1.54) is 12.1 Å². The Labute approximate surface area is 132 Å². The van der Waals surface area contributed by atoms with Crippen molar-refractivity contribution in [1.29, 1.82) is 0 Å². The zero-order valence-electron chi connectivity index (χ0n) is 12.5. The molecule has 1 N–H and O–H groups in total. The van der Waals surface area contributed by atoms with Gasteiger partial charge in [0.2, 0.25) is 5.91 Å². The number of amides is 2. The molecule has 6 heteroatoms. The van der Waals surface area contributed by atoms with Gasteiger partial charge in [-0.05, 0) is 42.5 Å². The van der Waals surface area contributed by atoms with Crippen LogP contribution in [0.25, 0.3) is 0 Å². The normalized spacial score (nSPS) is 17.5. The van der Waals surface area contributed by atoms with Crippen molar-refractivity contribution in [1.82, 2.24) is 0 Å². The first-order valence-corrected chi connectivity index (χ1v) is 7.11. The van der Waals surface area contributed by atoms with Crippen LogP contribution in [0, 0.1) is 5.82 Å². The summed E-state index contributed by atoms with van der Waals surface area (Å²) in [5.74, 6) is -0.417. The number of ether oxygens (including phenoxy) is 1. The summed E-state index contributed by atoms with van der Waals surface area (Å²) in [6.45, 7) is 0. The number of carbonyl (C=O) groups is 2. The molecule has 1 aliphatic rings. The molecule has 1 fully saturated rings. The molecule has 1 aliphatic heterocycles. The highest BCUT2D eigenvalue weighted by molar-refractivity contribution is 6.23. The number of methoxy groups -OCH3 is 1. The SMILES string of the molecule is COc1ccc(N2C(=O)C[C@@H](Nc3cccc(F)c3)C2=O)cc1. The summed E-state index contributed by atoms with van der Waals surface area (Å²) in [4.78, 5) is 25.8. The molecule has 0 bridgehead atoms. The van der Waals surface area contributed by atoms with Crippen molar-refractivity contribution in [3.05, 3.63) is 54.3 Å². The van der Waals surface area contributed by atoms with Crippen LogP contribution in [0.3, 0.4) is 0 Å². The summed E-state index contributed by atoms with van der Waals surface area (Å²) in [5, 5.41) is 2.91. The van der Waals surface area contributed by atoms with E-state index in [1.807, 2.05) is 0 Å². The lowest BCUT2D eigenvalue weighted by molar-refractivity contribution is -0.121. The van der Waals surface area contributed by atoms with E-state index < -0.39 is 11.9 Å². The molecule has 2 amide bonds. The second-order valence-electron chi connectivity index (χ2n) is 5.18. The molecule has 0 unspecified atom stereocenters. The fourth-order valence-electron chi connectivity index (χ4n) is 2.53. The Balaban J connectivity index is 1.79. The van der Waals surface area contributed by atoms with Gasteiger partial charge in [0.25, 0.3) is 5.91 Å². The van der Waals surface area contributed by atoms with Crippen molar-refractivity contribution in [3.8, 4) is 5.75 Å². The zero-order chi connectivity index (χ0) is 16.4. The van der Waals surface area contributed by atoms with Crippen LogP contribution in [0.4, 0.5) is 15.8 Å². The van der Waals surface area contributed by atoms with Crippen LogP contribution in [-0.4, -0.2) is 25.0 Å². The van der Waals surface area contributed by atoms with E-state index in [0.29, 0.717) is 17.1 Å². The smallest absolute Gasteiger partial charge is 0.256 e. The number of benzene rings is 2. The maximum Gasteiger partial charge on any atom is 0.256 e. The van der Waals surface area contributed by atoms with Crippen molar-refractivity contribution in [3.63, 3.8) is 0 Å². The molecule has 0 spiro atoms. The molecule has 2 aromatic carbocycles. The number of halogens is 1. The molecule has 1 atom stereocenters. The largest absolute Gasteiger partial charge is 0.497 e. The lowest BCUT2D eigenvalue weighted by atomic mass is 10.2. The van der Waals surface area contributed by atoms with Crippen LogP contribution < -0.4 is 15.0 Å². The summed E-state index contributed by atoms with van der Waals surface area (Å²) in [7, 11) is 1.54. The van der Waals surface area contributed by atoms with Crippen molar-refractivity contribution in [2.24, 2.45) is 0 Å². The molecular formula is C17H15FN2O3. The lowest BCUT2D eigenvalue weighted by Gasteiger charge is -2.16. The third-order valence-electron chi connectivity index (χ3n) is 3.64. The highest BCUT2D eigenvalue weighted by Gasteiger charge is 2.39. The quantitative estimate of drug-likeness (QED) is 0.881. The minimum Gasteiger partial charge on any atom is -0.497 e. The Bertz CT molecular complexity index is 746. The molecule has 118 valence electrons. The Hall–Kier alpha value is -2.89. The maximum atomic E-state index is 13.2. The number of anilines is 2. The summed E-state index contributed by atoms with van der Waals surface area (Å²) in [6.07, 6.45) is 0.0291. The second kappa shape index (κ2) is 6.08. The molecule has 0 aromatic heterocycles. The first kappa shape index (κ1) is 15.0. The maximum absolute atomic E-state index is 13.2. The Morgan fingerprint density at radius 3 is 2.57 bits per heavy atom. The molecule has 0 saturated carbocycles. The number of hydrogen-bond donors (Lipinski definition) is 1. The standard InChI is InChI=1S/C17H15FN2O3/c1-23-14-7-5-13(6-8-14)20-16(21)10-15(17(20)22)19-12-4-2-3-11(18)9-12/h2-9,15,19H,10H2,1H3/t15-/m1/s1. The van der Waals surface area contributed by atoms with Crippen molar-refractivity contribution in [2.45, 2.75) is 12.5 Å². The number of nitrogens with zero attached hydrogens (tertiary/aromatic N) is 1. The highest BCUT2D eigenvalue weighted by atomic mass is 19.1. The van der Waals surface area contributed by atoms with E-state index in [2.05, 4.69) is 5.32 Å². The first-order chi connectivity index (χ1) is 11.1. The Morgan fingerprint density at radius 1 is 1.17 bits per heavy atom. The third kappa shape index (κ3) is 3.01. The van der Waals surface area contributed by atoms with Crippen LogP contribution >= 0.6 is 0 Å². The third-order valence-corrected chi connectivity index (χ3v) is 3.64. The van der Waals surface area contributed by atoms with Crippen molar-refractivity contribution >= 4 is 23.2 Å². The van der Waals surface area contributed by atoms with Crippen LogP contribution in [0.5, 0.6) is 5.75 Å². The van der Waals surface area contributed by atoms with Gasteiger partial charge in [0.1, 0.15) is 17.6 Å². The van der Waals surface area contributed by atoms with E-state index in [4.69, 9.17) is 4.74 Å². The van der Waals surface area contributed by atoms with Crippen LogP contribution in [0.2, 0.25) is 0 Å². The van der Waals surface area contributed by atoms with Crippen molar-refractivity contribution < 1.29 is 18.7 Å². The summed E-state index contributed by atoms with van der Waals surface area (Å²) >= 11 is 0. The van der Waals surface area contributed by atoms with Gasteiger partial charge in [-0.25, -0.2) is 9.29 Å². The van der Waals surface area contributed by atoms with Gasteiger partial charge in [-0.1, -0.05) is 6.07 Å². The average molecular weight is 314 g/mol. The van der Waals surface area contributed by atoms with Gasteiger partial charge in [-0.2, -0.15) is 0 Å². The van der Waals surface area contributed by atoms with Gasteiger partial charge in [0, 0.05) is 5.69 Å². The van der Waals surface area contributed by atoms with E-state index in [-0.39, 0.29) is 18.2 Å². The van der Waals surface area contributed by atoms with E-state index in [9.17, 15) is 14.0 Å². The monoisotopic (exact) mass is 314 g/mol. The second-order valence-corrected chi connectivity index (χ2v) is 5.18. The first-order valence-electron chi connectivity index (χ1n) is 7.11. The predicted molar refractivity (Wildman–Crippen MR) is 83.9 cm³/mol. The highest BCUT2D eigenvalue weighted by Crippen LogP contribution is 2.26. The topological polar surface area (TPSA) is 58.6 Å². The Morgan fingerprint density at radius 2 is 1.91 bits per heavy atom. The molecule has 1 heterocycles. The molecule has 23 heavy (non-hydrogen) atoms. The zero-order valence-corrected chi connectivity index (χ0v) is 12.5. The van der Waals surface area contributed by atoms with E-state index in [0.717, 1.165) is 4.90 Å². The lowest BCUT2D eigenvalue weighted by Crippen LogP contribution is -2.34. The van der Waals surface area contributed by atoms with Crippen LogP contribution in [0.15, 0.2) is 48.5 Å². The van der Waals surface area contributed by atoms with Gasteiger partial charge in [-0.15, -0.1) is 0 Å². The number of rotatable bonds is 4. The molecule has 5 nitrogen and oxygen atoms in total. The summed E-state index contributed by atoms with van der Waals surface area (Å²) in [5.41, 5.74) is 0.956. The number of imide groups is 1. The molecular weight excluding hydrogens is 299 g/mol. The Kier molecular flexibility index (Phi) is 3.97. The van der Waals surface area contributed by atoms with Gasteiger partial charge in [0.15, 0.2) is 0 Å². The van der Waals surface area contributed by atoms with Gasteiger partial charge in [0.05, 0.1) is 19.2 Å². The number of carbonyl (C=O) groups excluding carboxylic acids is 2. The van der Waals surface area contributed by atoms with Gasteiger partial charge >= 0.3 is 0 Å². The average Bonchev–Trinajstić information content (AvgIpc) is 2.81. The van der Waals surface area contributed by atoms with E-state index in [1.54, 1.807) is 43.5 Å².